The Morgan fingerprint density at radius 1 is 1.26 bits per heavy atom. The molecule has 1 aromatic rings. The molecule has 0 unspecified atom stereocenters. The third kappa shape index (κ3) is 3.03. The van der Waals surface area contributed by atoms with Crippen molar-refractivity contribution < 1.29 is 4.79 Å². The molecule has 0 radical (unpaired) electrons. The largest absolute Gasteiger partial charge is 0.341 e. The van der Waals surface area contributed by atoms with Crippen molar-refractivity contribution in [3.63, 3.8) is 0 Å². The Morgan fingerprint density at radius 2 is 2.09 bits per heavy atom. The molecule has 1 amide bonds. The lowest BCUT2D eigenvalue weighted by atomic mass is 9.85. The highest BCUT2D eigenvalue weighted by molar-refractivity contribution is 5.83. The lowest BCUT2D eigenvalue weighted by molar-refractivity contribution is -0.146. The average Bonchev–Trinajstić information content (AvgIpc) is 3.19. The van der Waals surface area contributed by atoms with E-state index in [1.165, 1.54) is 37.8 Å². The second kappa shape index (κ2) is 6.27. The van der Waals surface area contributed by atoms with Crippen LogP contribution in [0.5, 0.6) is 0 Å². The maximum atomic E-state index is 13.0. The fraction of sp³-hybridized carbons (Fsp3) is 0.778. The molecule has 0 aromatic carbocycles. The molecule has 5 nitrogen and oxygen atoms in total. The summed E-state index contributed by atoms with van der Waals surface area (Å²) in [4.78, 5) is 17.6. The summed E-state index contributed by atoms with van der Waals surface area (Å²) in [6.45, 7) is 3.90. The van der Waals surface area contributed by atoms with Crippen LogP contribution >= 0.6 is 0 Å². The van der Waals surface area contributed by atoms with Crippen LogP contribution < -0.4 is 0 Å². The maximum absolute atomic E-state index is 13.0. The molecule has 1 aliphatic carbocycles. The monoisotopic (exact) mass is 316 g/mol. The molecular weight excluding hydrogens is 288 g/mol. The predicted octanol–water partition coefficient (Wildman–Crippen LogP) is 2.03. The van der Waals surface area contributed by atoms with Crippen LogP contribution in [0.2, 0.25) is 0 Å². The average molecular weight is 316 g/mol. The standard InChI is InChI=1S/C18H28N4O/c1-20-16(6-8-19-20)13-21-9-7-15-10-17(21)18(23)22(12-15)11-14-4-2-3-5-14/h6,8,14-15,17H,2-5,7,9-13H2,1H3/t15-,17+/m0/s1. The van der Waals surface area contributed by atoms with Crippen molar-refractivity contribution >= 4 is 5.91 Å². The fourth-order valence-corrected chi connectivity index (χ4v) is 4.74. The van der Waals surface area contributed by atoms with E-state index in [9.17, 15) is 4.79 Å². The highest BCUT2D eigenvalue weighted by atomic mass is 16.2. The first-order chi connectivity index (χ1) is 11.2. The van der Waals surface area contributed by atoms with Gasteiger partial charge in [-0.3, -0.25) is 14.4 Å². The van der Waals surface area contributed by atoms with Gasteiger partial charge in [-0.1, -0.05) is 12.8 Å². The molecular formula is C18H28N4O. The highest BCUT2D eigenvalue weighted by Crippen LogP contribution is 2.33. The number of likely N-dealkylation sites (tertiary alicyclic amines) is 2. The van der Waals surface area contributed by atoms with E-state index >= 15 is 0 Å². The number of aromatic nitrogens is 2. The van der Waals surface area contributed by atoms with Crippen molar-refractivity contribution in [2.45, 2.75) is 51.1 Å². The molecule has 1 aromatic heterocycles. The summed E-state index contributed by atoms with van der Waals surface area (Å²) in [6.07, 6.45) is 9.46. The van der Waals surface area contributed by atoms with E-state index in [-0.39, 0.29) is 6.04 Å². The Hall–Kier alpha value is -1.36. The first-order valence-corrected chi connectivity index (χ1v) is 9.20. The van der Waals surface area contributed by atoms with Crippen LogP contribution in [0, 0.1) is 11.8 Å². The molecule has 5 heteroatoms. The molecule has 0 spiro atoms. The van der Waals surface area contributed by atoms with E-state index in [0.717, 1.165) is 38.5 Å². The minimum Gasteiger partial charge on any atom is -0.341 e. The van der Waals surface area contributed by atoms with Gasteiger partial charge in [0.1, 0.15) is 0 Å². The minimum absolute atomic E-state index is 0.0961. The van der Waals surface area contributed by atoms with Crippen LogP contribution in [0.25, 0.3) is 0 Å². The summed E-state index contributed by atoms with van der Waals surface area (Å²) >= 11 is 0. The summed E-state index contributed by atoms with van der Waals surface area (Å²) < 4.78 is 1.93. The number of fused-ring (bicyclic) bond motifs is 2. The van der Waals surface area contributed by atoms with E-state index in [1.807, 2.05) is 17.9 Å². The van der Waals surface area contributed by atoms with Crippen LogP contribution in [0.1, 0.15) is 44.2 Å². The Balaban J connectivity index is 1.45. The summed E-state index contributed by atoms with van der Waals surface area (Å²) in [7, 11) is 1.98. The predicted molar refractivity (Wildman–Crippen MR) is 88.7 cm³/mol. The normalized spacial score (nSPS) is 29.4. The van der Waals surface area contributed by atoms with Gasteiger partial charge in [0.15, 0.2) is 0 Å². The van der Waals surface area contributed by atoms with E-state index in [0.29, 0.717) is 11.8 Å². The SMILES string of the molecule is Cn1nccc1CN1CC[C@H]2C[C@@H]1C(=O)N(CC1CCCC1)C2. The molecule has 1 saturated carbocycles. The topological polar surface area (TPSA) is 41.4 Å². The molecule has 3 heterocycles. The first kappa shape index (κ1) is 15.2. The van der Waals surface area contributed by atoms with Gasteiger partial charge in [-0.05, 0) is 50.1 Å². The maximum Gasteiger partial charge on any atom is 0.239 e. The number of nitrogens with zero attached hydrogens (tertiary/aromatic N) is 4. The number of carbonyl (C=O) groups is 1. The molecule has 0 N–H and O–H groups in total. The number of hydrogen-bond donors (Lipinski definition) is 0. The third-order valence-corrected chi connectivity index (χ3v) is 6.14. The molecule has 2 aliphatic heterocycles. The molecule has 4 rings (SSSR count). The van der Waals surface area contributed by atoms with Crippen LogP contribution in [0.3, 0.4) is 0 Å². The minimum atomic E-state index is 0.0961. The summed E-state index contributed by atoms with van der Waals surface area (Å²) in [5, 5.41) is 4.26. The number of carbonyl (C=O) groups excluding carboxylic acids is 1. The number of piperidine rings is 2. The second-order valence-electron chi connectivity index (χ2n) is 7.72. The quantitative estimate of drug-likeness (QED) is 0.853. The van der Waals surface area contributed by atoms with Gasteiger partial charge in [-0.2, -0.15) is 5.10 Å². The second-order valence-corrected chi connectivity index (χ2v) is 7.72. The van der Waals surface area contributed by atoms with Crippen molar-refractivity contribution in [2.75, 3.05) is 19.6 Å². The van der Waals surface area contributed by atoms with E-state index in [1.54, 1.807) is 0 Å². The lowest BCUT2D eigenvalue weighted by Crippen LogP contribution is -2.59. The Morgan fingerprint density at radius 3 is 2.83 bits per heavy atom. The van der Waals surface area contributed by atoms with Gasteiger partial charge < -0.3 is 4.90 Å². The third-order valence-electron chi connectivity index (χ3n) is 6.14. The molecule has 23 heavy (non-hydrogen) atoms. The summed E-state index contributed by atoms with van der Waals surface area (Å²) in [6, 6.07) is 2.16. The number of hydrogen-bond acceptors (Lipinski definition) is 3. The summed E-state index contributed by atoms with van der Waals surface area (Å²) in [5.41, 5.74) is 1.20. The molecule has 126 valence electrons. The lowest BCUT2D eigenvalue weighted by Gasteiger charge is -2.47. The van der Waals surface area contributed by atoms with Crippen molar-refractivity contribution in [2.24, 2.45) is 18.9 Å². The van der Waals surface area contributed by atoms with Gasteiger partial charge in [0.05, 0.1) is 11.7 Å². The zero-order chi connectivity index (χ0) is 15.8. The Bertz CT molecular complexity index is 563. The van der Waals surface area contributed by atoms with E-state index in [4.69, 9.17) is 0 Å². The van der Waals surface area contributed by atoms with Crippen LogP contribution in [0.15, 0.2) is 12.3 Å². The Kier molecular flexibility index (Phi) is 4.14. The number of rotatable bonds is 4. The van der Waals surface area contributed by atoms with Crippen molar-refractivity contribution in [3.8, 4) is 0 Å². The van der Waals surface area contributed by atoms with Crippen molar-refractivity contribution in [1.82, 2.24) is 19.6 Å². The number of amides is 1. The van der Waals surface area contributed by atoms with Crippen LogP contribution in [-0.4, -0.2) is 51.2 Å². The van der Waals surface area contributed by atoms with E-state index < -0.39 is 0 Å². The summed E-state index contributed by atoms with van der Waals surface area (Å²) in [5.74, 6) is 1.85. The van der Waals surface area contributed by atoms with Gasteiger partial charge in [0, 0.05) is 32.9 Å². The smallest absolute Gasteiger partial charge is 0.239 e. The van der Waals surface area contributed by atoms with Crippen molar-refractivity contribution in [1.29, 1.82) is 0 Å². The zero-order valence-electron chi connectivity index (χ0n) is 14.2. The molecule has 3 aliphatic rings. The van der Waals surface area contributed by atoms with Gasteiger partial charge in [0.2, 0.25) is 5.91 Å². The molecule has 3 fully saturated rings. The van der Waals surface area contributed by atoms with Crippen molar-refractivity contribution in [3.05, 3.63) is 18.0 Å². The molecule has 2 bridgehead atoms. The molecule has 2 atom stereocenters. The number of aryl methyl sites for hydroxylation is 1. The highest BCUT2D eigenvalue weighted by Gasteiger charge is 2.41. The van der Waals surface area contributed by atoms with Gasteiger partial charge >= 0.3 is 0 Å². The van der Waals surface area contributed by atoms with Gasteiger partial charge in [-0.25, -0.2) is 0 Å². The fourth-order valence-electron chi connectivity index (χ4n) is 4.74. The van der Waals surface area contributed by atoms with Gasteiger partial charge in [0.25, 0.3) is 0 Å². The molecule has 2 saturated heterocycles. The van der Waals surface area contributed by atoms with E-state index in [2.05, 4.69) is 21.0 Å². The van der Waals surface area contributed by atoms with Crippen LogP contribution in [0.4, 0.5) is 0 Å². The first-order valence-electron chi connectivity index (χ1n) is 9.20. The Labute approximate surface area is 138 Å². The van der Waals surface area contributed by atoms with Gasteiger partial charge in [-0.15, -0.1) is 0 Å². The zero-order valence-corrected chi connectivity index (χ0v) is 14.2. The van der Waals surface area contributed by atoms with Crippen LogP contribution in [-0.2, 0) is 18.4 Å².